The SMILES string of the molecule is Cc1noc(-c2ccc(-c3ccc(C(=O)O)nc3)cc2)c1NC(=O)OCCc1ccccc1Cl. The third-order valence-electron chi connectivity index (χ3n) is 5.12. The number of halogens is 1. The van der Waals surface area contributed by atoms with E-state index in [-0.39, 0.29) is 12.3 Å². The second-order valence-electron chi connectivity index (χ2n) is 7.39. The standard InChI is InChI=1S/C25H20ClN3O5/c1-15-22(28-25(32)33-13-12-17-4-2-3-5-20(17)26)23(34-29-15)18-8-6-16(7-9-18)19-10-11-21(24(30)31)27-14-19/h2-11,14H,12-13H2,1H3,(H,28,32)(H,30,31). The van der Waals surface area contributed by atoms with Gasteiger partial charge >= 0.3 is 12.1 Å². The topological polar surface area (TPSA) is 115 Å². The van der Waals surface area contributed by atoms with Crippen molar-refractivity contribution in [3.05, 3.63) is 88.8 Å². The molecular formula is C25H20ClN3O5. The summed E-state index contributed by atoms with van der Waals surface area (Å²) < 4.78 is 10.7. The van der Waals surface area contributed by atoms with Crippen molar-refractivity contribution in [3.63, 3.8) is 0 Å². The van der Waals surface area contributed by atoms with Crippen molar-refractivity contribution < 1.29 is 24.0 Å². The highest BCUT2D eigenvalue weighted by atomic mass is 35.5. The molecule has 0 aliphatic heterocycles. The summed E-state index contributed by atoms with van der Waals surface area (Å²) in [5.41, 5.74) is 4.12. The quantitative estimate of drug-likeness (QED) is 0.343. The molecule has 0 radical (unpaired) electrons. The van der Waals surface area contributed by atoms with Gasteiger partial charge in [-0.1, -0.05) is 65.3 Å². The number of hydrogen-bond donors (Lipinski definition) is 2. The molecule has 2 N–H and O–H groups in total. The molecule has 0 atom stereocenters. The molecule has 172 valence electrons. The molecule has 2 aromatic carbocycles. The lowest BCUT2D eigenvalue weighted by molar-refractivity contribution is 0.0690. The second-order valence-corrected chi connectivity index (χ2v) is 7.80. The summed E-state index contributed by atoms with van der Waals surface area (Å²) in [5.74, 6) is -0.684. The number of aryl methyl sites for hydroxylation is 1. The molecule has 2 aromatic heterocycles. The third-order valence-corrected chi connectivity index (χ3v) is 5.48. The van der Waals surface area contributed by atoms with Gasteiger partial charge in [-0.25, -0.2) is 14.6 Å². The Morgan fingerprint density at radius 1 is 1.03 bits per heavy atom. The lowest BCUT2D eigenvalue weighted by atomic mass is 10.0. The monoisotopic (exact) mass is 477 g/mol. The van der Waals surface area contributed by atoms with Crippen molar-refractivity contribution in [2.45, 2.75) is 13.3 Å². The summed E-state index contributed by atoms with van der Waals surface area (Å²) in [5, 5.41) is 16.3. The van der Waals surface area contributed by atoms with E-state index in [2.05, 4.69) is 15.5 Å². The van der Waals surface area contributed by atoms with E-state index >= 15 is 0 Å². The molecule has 0 bridgehead atoms. The molecular weight excluding hydrogens is 458 g/mol. The van der Waals surface area contributed by atoms with Gasteiger partial charge in [0.05, 0.1) is 6.61 Å². The Kier molecular flexibility index (Phi) is 6.89. The third kappa shape index (κ3) is 5.24. The van der Waals surface area contributed by atoms with E-state index in [0.29, 0.717) is 34.1 Å². The molecule has 0 aliphatic rings. The molecule has 4 rings (SSSR count). The van der Waals surface area contributed by atoms with Crippen LogP contribution in [0.2, 0.25) is 5.02 Å². The Labute approximate surface area is 200 Å². The lowest BCUT2D eigenvalue weighted by Crippen LogP contribution is -2.16. The van der Waals surface area contributed by atoms with Crippen molar-refractivity contribution in [1.82, 2.24) is 10.1 Å². The fourth-order valence-corrected chi connectivity index (χ4v) is 3.54. The molecule has 0 fully saturated rings. The van der Waals surface area contributed by atoms with Crippen molar-refractivity contribution in [1.29, 1.82) is 0 Å². The van der Waals surface area contributed by atoms with Gasteiger partial charge in [-0.2, -0.15) is 0 Å². The van der Waals surface area contributed by atoms with E-state index < -0.39 is 12.1 Å². The van der Waals surface area contributed by atoms with Gasteiger partial charge in [0.25, 0.3) is 0 Å². The van der Waals surface area contributed by atoms with Crippen molar-refractivity contribution in [3.8, 4) is 22.5 Å². The van der Waals surface area contributed by atoms with Crippen LogP contribution in [0.15, 0.2) is 71.4 Å². The fraction of sp³-hybridized carbons (Fsp3) is 0.120. The van der Waals surface area contributed by atoms with Crippen LogP contribution in [0.5, 0.6) is 0 Å². The number of hydrogen-bond acceptors (Lipinski definition) is 6. The molecule has 9 heteroatoms. The number of carboxylic acid groups (broad SMARTS) is 1. The minimum Gasteiger partial charge on any atom is -0.477 e. The first-order chi connectivity index (χ1) is 16.4. The summed E-state index contributed by atoms with van der Waals surface area (Å²) in [6.07, 6.45) is 1.37. The first kappa shape index (κ1) is 23.0. The maximum absolute atomic E-state index is 12.4. The highest BCUT2D eigenvalue weighted by Gasteiger charge is 2.18. The fourth-order valence-electron chi connectivity index (χ4n) is 3.31. The first-order valence-electron chi connectivity index (χ1n) is 10.4. The van der Waals surface area contributed by atoms with Crippen LogP contribution in [0.4, 0.5) is 10.5 Å². The van der Waals surface area contributed by atoms with Crippen molar-refractivity contribution >= 4 is 29.4 Å². The highest BCUT2D eigenvalue weighted by Crippen LogP contribution is 2.32. The zero-order chi connectivity index (χ0) is 24.1. The molecule has 0 saturated carbocycles. The lowest BCUT2D eigenvalue weighted by Gasteiger charge is -2.09. The van der Waals surface area contributed by atoms with Crippen LogP contribution in [-0.4, -0.2) is 33.9 Å². The number of aromatic carboxylic acids is 1. The Balaban J connectivity index is 1.43. The summed E-state index contributed by atoms with van der Waals surface area (Å²) in [6.45, 7) is 1.88. The highest BCUT2D eigenvalue weighted by molar-refractivity contribution is 6.31. The summed E-state index contributed by atoms with van der Waals surface area (Å²) in [7, 11) is 0. The van der Waals surface area contributed by atoms with E-state index in [1.807, 2.05) is 42.5 Å². The van der Waals surface area contributed by atoms with Crippen LogP contribution in [0.3, 0.4) is 0 Å². The predicted octanol–water partition coefficient (Wildman–Crippen LogP) is 5.85. The number of ether oxygens (including phenoxy) is 1. The van der Waals surface area contributed by atoms with Crippen LogP contribution < -0.4 is 5.32 Å². The number of carbonyl (C=O) groups excluding carboxylic acids is 1. The number of aromatic nitrogens is 2. The molecule has 4 aromatic rings. The van der Waals surface area contributed by atoms with Crippen LogP contribution in [-0.2, 0) is 11.2 Å². The number of rotatable bonds is 7. The minimum absolute atomic E-state index is 0.0213. The Hall–Kier alpha value is -4.17. The smallest absolute Gasteiger partial charge is 0.411 e. The number of benzene rings is 2. The van der Waals surface area contributed by atoms with Crippen LogP contribution in [0.1, 0.15) is 21.7 Å². The van der Waals surface area contributed by atoms with Gasteiger partial charge in [-0.15, -0.1) is 0 Å². The van der Waals surface area contributed by atoms with Gasteiger partial charge in [0.1, 0.15) is 17.1 Å². The average molecular weight is 478 g/mol. The molecule has 0 saturated heterocycles. The van der Waals surface area contributed by atoms with Crippen molar-refractivity contribution in [2.24, 2.45) is 0 Å². The van der Waals surface area contributed by atoms with Crippen molar-refractivity contribution in [2.75, 3.05) is 11.9 Å². The minimum atomic E-state index is -1.08. The number of pyridine rings is 1. The number of carbonyl (C=O) groups is 2. The molecule has 8 nitrogen and oxygen atoms in total. The number of nitrogens with zero attached hydrogens (tertiary/aromatic N) is 2. The van der Waals surface area contributed by atoms with Crippen LogP contribution in [0, 0.1) is 6.92 Å². The molecule has 2 heterocycles. The number of carboxylic acids is 1. The molecule has 0 aliphatic carbocycles. The largest absolute Gasteiger partial charge is 0.477 e. The van der Waals surface area contributed by atoms with Gasteiger partial charge in [-0.3, -0.25) is 5.32 Å². The average Bonchev–Trinajstić information content (AvgIpc) is 3.20. The zero-order valence-electron chi connectivity index (χ0n) is 18.1. The second kappa shape index (κ2) is 10.2. The van der Waals surface area contributed by atoms with E-state index in [9.17, 15) is 9.59 Å². The summed E-state index contributed by atoms with van der Waals surface area (Å²) in [6, 6.07) is 17.8. The predicted molar refractivity (Wildman–Crippen MR) is 127 cm³/mol. The van der Waals surface area contributed by atoms with E-state index in [1.165, 1.54) is 12.3 Å². The van der Waals surface area contributed by atoms with E-state index in [1.54, 1.807) is 19.1 Å². The Morgan fingerprint density at radius 2 is 1.74 bits per heavy atom. The number of amides is 1. The molecule has 34 heavy (non-hydrogen) atoms. The van der Waals surface area contributed by atoms with Gasteiger partial charge in [-0.05, 0) is 30.2 Å². The molecule has 1 amide bonds. The van der Waals surface area contributed by atoms with E-state index in [0.717, 1.165) is 16.7 Å². The van der Waals surface area contributed by atoms with Gasteiger partial charge in [0.2, 0.25) is 0 Å². The van der Waals surface area contributed by atoms with Crippen LogP contribution >= 0.6 is 11.6 Å². The maximum atomic E-state index is 12.4. The zero-order valence-corrected chi connectivity index (χ0v) is 18.9. The number of nitrogens with one attached hydrogen (secondary N) is 1. The maximum Gasteiger partial charge on any atom is 0.411 e. The van der Waals surface area contributed by atoms with Gasteiger partial charge in [0.15, 0.2) is 5.76 Å². The first-order valence-corrected chi connectivity index (χ1v) is 10.7. The van der Waals surface area contributed by atoms with Crippen LogP contribution in [0.25, 0.3) is 22.5 Å². The normalized spacial score (nSPS) is 10.6. The molecule has 0 unspecified atom stereocenters. The summed E-state index contributed by atoms with van der Waals surface area (Å²) >= 11 is 6.13. The van der Waals surface area contributed by atoms with Gasteiger partial charge < -0.3 is 14.4 Å². The van der Waals surface area contributed by atoms with E-state index in [4.69, 9.17) is 26.0 Å². The molecule has 0 spiro atoms. The Morgan fingerprint density at radius 3 is 2.41 bits per heavy atom. The summed E-state index contributed by atoms with van der Waals surface area (Å²) in [4.78, 5) is 27.3. The Bertz CT molecular complexity index is 1320. The van der Waals surface area contributed by atoms with Gasteiger partial charge in [0, 0.05) is 28.8 Å². The number of anilines is 1.